The van der Waals surface area contributed by atoms with Crippen LogP contribution in [0.15, 0.2) is 12.2 Å². The molecule has 0 saturated carbocycles. The summed E-state index contributed by atoms with van der Waals surface area (Å²) in [5.74, 6) is -0.361. The normalized spacial score (nSPS) is 14.8. The Bertz CT molecular complexity index is 693. The predicted molar refractivity (Wildman–Crippen MR) is 175 cm³/mol. The molecule has 0 aromatic carbocycles. The molecule has 0 bridgehead atoms. The Labute approximate surface area is 250 Å². The smallest absolute Gasteiger partial charge is 0.333 e. The van der Waals surface area contributed by atoms with Gasteiger partial charge in [-0.15, -0.1) is 0 Å². The van der Waals surface area contributed by atoms with E-state index in [1.807, 2.05) is 6.92 Å². The van der Waals surface area contributed by atoms with E-state index in [0.717, 1.165) is 44.6 Å². The Morgan fingerprint density at radius 2 is 1.23 bits per heavy atom. The van der Waals surface area contributed by atoms with Crippen LogP contribution in [-0.4, -0.2) is 91.6 Å². The van der Waals surface area contributed by atoms with Crippen LogP contribution >= 0.6 is 0 Å². The highest BCUT2D eigenvalue weighted by Crippen LogP contribution is 2.17. The Hall–Kier alpha value is -1.05. The highest BCUT2D eigenvalue weighted by Gasteiger charge is 2.26. The number of nitrogens with zero attached hydrogens (tertiary/aromatic N) is 1. The number of carbonyl (C=O) groups excluding carboxylic acids is 2. The van der Waals surface area contributed by atoms with Crippen molar-refractivity contribution in [3.8, 4) is 0 Å². The second-order valence-electron chi connectivity index (χ2n) is 12.1. The van der Waals surface area contributed by atoms with E-state index in [1.165, 1.54) is 13.1 Å². The third kappa shape index (κ3) is 28.5. The molecule has 240 valence electrons. The minimum atomic E-state index is -1.58. The predicted octanol–water partition coefficient (Wildman–Crippen LogP) is 6.49. The van der Waals surface area contributed by atoms with Gasteiger partial charge in [-0.1, -0.05) is 28.4 Å². The molecular formula is C30H66N2O6Si2. The van der Waals surface area contributed by atoms with Gasteiger partial charge in [-0.05, 0) is 85.7 Å². The fourth-order valence-electron chi connectivity index (χ4n) is 3.71. The molecule has 1 N–H and O–H groups in total. The van der Waals surface area contributed by atoms with E-state index in [9.17, 15) is 9.59 Å². The van der Waals surface area contributed by atoms with Gasteiger partial charge in [-0.2, -0.15) is 0 Å². The largest absolute Gasteiger partial charge is 0.465 e. The summed E-state index contributed by atoms with van der Waals surface area (Å²) < 4.78 is 22.2. The highest BCUT2D eigenvalue weighted by atomic mass is 28.4. The minimum absolute atomic E-state index is 0. The van der Waals surface area contributed by atoms with Gasteiger partial charge < -0.3 is 23.6 Å². The fourth-order valence-corrected chi connectivity index (χ4v) is 8.49. The van der Waals surface area contributed by atoms with Gasteiger partial charge in [0, 0.05) is 50.5 Å². The fraction of sp³-hybridized carbons (Fsp3) is 0.867. The first-order valence-electron chi connectivity index (χ1n) is 14.3. The topological polar surface area (TPSA) is 96.0 Å². The Morgan fingerprint density at radius 1 is 0.825 bits per heavy atom. The van der Waals surface area contributed by atoms with E-state index in [2.05, 4.69) is 70.7 Å². The molecule has 0 radical (unpaired) electrons. The molecule has 40 heavy (non-hydrogen) atoms. The summed E-state index contributed by atoms with van der Waals surface area (Å²) in [6.45, 7) is 30.8. The standard InChI is InChI=1S/C14H29NO3Si.C12H24O3Si.C2H5N.2CH4/c1-12(2)18-19(4,5)10-6-9-17-14(16)13(3)11-15-7-8-15;1-10(2)12(13)14-8-7-9-16(5,6)15-11(3)4;1-2-3-1;;/h12-13H,6-11H2,1-5H3;11H,1,7-9H2,2-6H3;3H,1-2H2;2*1H4. The van der Waals surface area contributed by atoms with E-state index in [1.54, 1.807) is 6.92 Å². The van der Waals surface area contributed by atoms with Crippen LogP contribution in [0.2, 0.25) is 38.3 Å². The first-order valence-corrected chi connectivity index (χ1v) is 20.6. The van der Waals surface area contributed by atoms with Gasteiger partial charge in [0.05, 0.1) is 19.1 Å². The lowest BCUT2D eigenvalue weighted by molar-refractivity contribution is -0.148. The SMILES string of the molecule is C.C.C1CN1.C=C(C)C(=O)OCCC[Si](C)(C)OC(C)C.CC(C)O[Si](C)(C)CCCOC(=O)C(C)CN1CC1. The molecular weight excluding hydrogens is 541 g/mol. The van der Waals surface area contributed by atoms with Crippen molar-refractivity contribution in [1.82, 2.24) is 10.2 Å². The third-order valence-electron chi connectivity index (χ3n) is 5.51. The van der Waals surface area contributed by atoms with Crippen molar-refractivity contribution < 1.29 is 27.9 Å². The quantitative estimate of drug-likeness (QED) is 0.0700. The number of esters is 2. The number of rotatable bonds is 16. The molecule has 2 aliphatic rings. The molecule has 2 aliphatic heterocycles. The number of ether oxygens (including phenoxy) is 2. The summed E-state index contributed by atoms with van der Waals surface area (Å²) in [7, 11) is -3.16. The van der Waals surface area contributed by atoms with Gasteiger partial charge in [-0.25, -0.2) is 4.79 Å². The van der Waals surface area contributed by atoms with Crippen molar-refractivity contribution in [2.24, 2.45) is 5.92 Å². The van der Waals surface area contributed by atoms with Crippen molar-refractivity contribution in [1.29, 1.82) is 0 Å². The van der Waals surface area contributed by atoms with Crippen molar-refractivity contribution in [3.05, 3.63) is 12.2 Å². The van der Waals surface area contributed by atoms with Gasteiger partial charge in [0.25, 0.3) is 0 Å². The van der Waals surface area contributed by atoms with Crippen LogP contribution in [0.25, 0.3) is 0 Å². The van der Waals surface area contributed by atoms with Crippen LogP contribution in [0.5, 0.6) is 0 Å². The summed E-state index contributed by atoms with van der Waals surface area (Å²) in [5, 5.41) is 3.00. The van der Waals surface area contributed by atoms with E-state index in [4.69, 9.17) is 18.3 Å². The zero-order valence-electron chi connectivity index (χ0n) is 26.1. The Morgan fingerprint density at radius 3 is 1.55 bits per heavy atom. The average molecular weight is 607 g/mol. The number of hydrogen-bond donors (Lipinski definition) is 1. The van der Waals surface area contributed by atoms with E-state index >= 15 is 0 Å². The summed E-state index contributed by atoms with van der Waals surface area (Å²) in [6.07, 6.45) is 2.34. The third-order valence-corrected chi connectivity index (χ3v) is 10.8. The van der Waals surface area contributed by atoms with Crippen LogP contribution in [0.3, 0.4) is 0 Å². The van der Waals surface area contributed by atoms with Gasteiger partial charge in [0.2, 0.25) is 0 Å². The van der Waals surface area contributed by atoms with Crippen LogP contribution in [0, 0.1) is 5.92 Å². The maximum Gasteiger partial charge on any atom is 0.333 e. The molecule has 2 rings (SSSR count). The van der Waals surface area contributed by atoms with E-state index in [-0.39, 0.29) is 44.9 Å². The average Bonchev–Trinajstić information content (AvgIpc) is 3.66. The Balaban J connectivity index is -0.000000596. The summed E-state index contributed by atoms with van der Waals surface area (Å²) in [4.78, 5) is 25.1. The maximum atomic E-state index is 11.7. The van der Waals surface area contributed by atoms with Crippen molar-refractivity contribution >= 4 is 28.6 Å². The monoisotopic (exact) mass is 606 g/mol. The zero-order valence-corrected chi connectivity index (χ0v) is 28.1. The zero-order chi connectivity index (χ0) is 29.4. The molecule has 0 spiro atoms. The molecule has 2 heterocycles. The second-order valence-corrected chi connectivity index (χ2v) is 20.6. The molecule has 10 heteroatoms. The van der Waals surface area contributed by atoms with Crippen LogP contribution in [-0.2, 0) is 27.9 Å². The van der Waals surface area contributed by atoms with Crippen molar-refractivity contribution in [2.75, 3.05) is 45.9 Å². The van der Waals surface area contributed by atoms with Gasteiger partial charge in [0.1, 0.15) is 0 Å². The minimum Gasteiger partial charge on any atom is -0.465 e. The van der Waals surface area contributed by atoms with Gasteiger partial charge in [0.15, 0.2) is 16.6 Å². The molecule has 2 saturated heterocycles. The van der Waals surface area contributed by atoms with Gasteiger partial charge in [-0.3, -0.25) is 9.69 Å². The Kier molecular flexibility index (Phi) is 24.5. The summed E-state index contributed by atoms with van der Waals surface area (Å²) in [6, 6.07) is 2.05. The molecule has 0 aromatic rings. The highest BCUT2D eigenvalue weighted by molar-refractivity contribution is 6.71. The maximum absolute atomic E-state index is 11.7. The summed E-state index contributed by atoms with van der Waals surface area (Å²) in [5.41, 5.74) is 0.454. The molecule has 0 aliphatic carbocycles. The molecule has 2 fully saturated rings. The first-order chi connectivity index (χ1) is 17.5. The molecule has 8 nitrogen and oxygen atoms in total. The lowest BCUT2D eigenvalue weighted by Crippen LogP contribution is -2.33. The first kappa shape index (κ1) is 43.4. The molecule has 1 atom stereocenters. The van der Waals surface area contributed by atoms with E-state index < -0.39 is 16.6 Å². The van der Waals surface area contributed by atoms with Crippen LogP contribution < -0.4 is 5.32 Å². The molecule has 0 aromatic heterocycles. The van der Waals surface area contributed by atoms with Crippen molar-refractivity contribution in [3.63, 3.8) is 0 Å². The molecule has 0 amide bonds. The lowest BCUT2D eigenvalue weighted by Gasteiger charge is -2.25. The number of carbonyl (C=O) groups is 2. The van der Waals surface area contributed by atoms with Crippen molar-refractivity contribution in [2.45, 2.75) is 120 Å². The summed E-state index contributed by atoms with van der Waals surface area (Å²) >= 11 is 0. The molecule has 1 unspecified atom stereocenters. The number of hydrogen-bond acceptors (Lipinski definition) is 8. The van der Waals surface area contributed by atoms with Crippen LogP contribution in [0.4, 0.5) is 0 Å². The van der Waals surface area contributed by atoms with E-state index in [0.29, 0.717) is 18.8 Å². The number of nitrogens with one attached hydrogen (secondary N) is 1. The van der Waals surface area contributed by atoms with Gasteiger partial charge >= 0.3 is 11.9 Å². The van der Waals surface area contributed by atoms with Crippen LogP contribution in [0.1, 0.15) is 69.2 Å². The lowest BCUT2D eigenvalue weighted by atomic mass is 10.2. The second kappa shape index (κ2) is 22.5.